The monoisotopic (exact) mass is 210 g/mol. The molecule has 1 aliphatic heterocycles. The van der Waals surface area contributed by atoms with Crippen molar-refractivity contribution in [3.63, 3.8) is 0 Å². The zero-order valence-corrected chi connectivity index (χ0v) is 10.7. The van der Waals surface area contributed by atoms with Crippen molar-refractivity contribution in [2.45, 2.75) is 58.6 Å². The van der Waals surface area contributed by atoms with Crippen molar-refractivity contribution in [3.05, 3.63) is 12.7 Å². The Morgan fingerprint density at radius 3 is 2.07 bits per heavy atom. The highest BCUT2D eigenvalue weighted by molar-refractivity contribution is 6.45. The summed E-state index contributed by atoms with van der Waals surface area (Å²) in [6, 6.07) is 0. The van der Waals surface area contributed by atoms with Crippen LogP contribution in [0.3, 0.4) is 0 Å². The predicted octanol–water partition coefficient (Wildman–Crippen LogP) is 3.29. The normalized spacial score (nSPS) is 25.3. The van der Waals surface area contributed by atoms with Crippen molar-refractivity contribution in [1.82, 2.24) is 0 Å². The molecule has 1 fully saturated rings. The Balaban J connectivity index is 2.46. The number of hydrogen-bond donors (Lipinski definition) is 0. The van der Waals surface area contributed by atoms with Crippen LogP contribution in [0.15, 0.2) is 12.7 Å². The highest BCUT2D eigenvalue weighted by atomic mass is 16.7. The minimum absolute atomic E-state index is 0.0580. The second-order valence-electron chi connectivity index (χ2n) is 5.48. The fourth-order valence-electron chi connectivity index (χ4n) is 1.60. The summed E-state index contributed by atoms with van der Waals surface area (Å²) in [6.07, 6.45) is 3.99. The maximum Gasteiger partial charge on any atom is 0.457 e. The third-order valence-electron chi connectivity index (χ3n) is 3.56. The quantitative estimate of drug-likeness (QED) is 0.523. The summed E-state index contributed by atoms with van der Waals surface area (Å²) in [6.45, 7) is 14.3. The molecular formula is C12H23BO2. The SMILES string of the molecule is C=CC(C)CCB1OC(C)(C)C(C)(C)O1. The lowest BCUT2D eigenvalue weighted by atomic mass is 9.80. The summed E-state index contributed by atoms with van der Waals surface area (Å²) in [5.74, 6) is 0.532. The Hall–Kier alpha value is -0.275. The molecule has 0 N–H and O–H groups in total. The molecule has 3 heteroatoms. The Morgan fingerprint density at radius 1 is 1.20 bits per heavy atom. The van der Waals surface area contributed by atoms with E-state index in [1.54, 1.807) is 0 Å². The topological polar surface area (TPSA) is 18.5 Å². The first-order valence-corrected chi connectivity index (χ1v) is 5.77. The van der Waals surface area contributed by atoms with Crippen LogP contribution in [-0.4, -0.2) is 18.3 Å². The molecule has 1 heterocycles. The van der Waals surface area contributed by atoms with Gasteiger partial charge in [0.15, 0.2) is 0 Å². The van der Waals surface area contributed by atoms with Gasteiger partial charge in [-0.05, 0) is 46.4 Å². The molecule has 1 unspecified atom stereocenters. The Labute approximate surface area is 94.2 Å². The minimum atomic E-state index is -0.199. The lowest BCUT2D eigenvalue weighted by Gasteiger charge is -2.32. The molecule has 0 saturated carbocycles. The molecular weight excluding hydrogens is 187 g/mol. The molecule has 1 saturated heterocycles. The third kappa shape index (κ3) is 2.85. The minimum Gasteiger partial charge on any atom is -0.403 e. The van der Waals surface area contributed by atoms with E-state index in [4.69, 9.17) is 9.31 Å². The Kier molecular flexibility index (Phi) is 3.67. The van der Waals surface area contributed by atoms with Crippen molar-refractivity contribution < 1.29 is 9.31 Å². The van der Waals surface area contributed by atoms with Crippen LogP contribution in [0, 0.1) is 5.92 Å². The van der Waals surface area contributed by atoms with E-state index in [9.17, 15) is 0 Å². The van der Waals surface area contributed by atoms with Crippen LogP contribution < -0.4 is 0 Å². The first-order valence-electron chi connectivity index (χ1n) is 5.77. The zero-order valence-electron chi connectivity index (χ0n) is 10.7. The highest BCUT2D eigenvalue weighted by Gasteiger charge is 2.50. The average Bonchev–Trinajstić information content (AvgIpc) is 2.31. The third-order valence-corrected chi connectivity index (χ3v) is 3.56. The van der Waals surface area contributed by atoms with E-state index in [1.807, 2.05) is 6.08 Å². The highest BCUT2D eigenvalue weighted by Crippen LogP contribution is 2.38. The van der Waals surface area contributed by atoms with Gasteiger partial charge in [-0.15, -0.1) is 6.58 Å². The van der Waals surface area contributed by atoms with E-state index >= 15 is 0 Å². The molecule has 15 heavy (non-hydrogen) atoms. The molecule has 2 nitrogen and oxygen atoms in total. The van der Waals surface area contributed by atoms with E-state index in [2.05, 4.69) is 41.2 Å². The molecule has 0 spiro atoms. The second-order valence-corrected chi connectivity index (χ2v) is 5.48. The van der Waals surface area contributed by atoms with E-state index in [1.165, 1.54) is 0 Å². The smallest absolute Gasteiger partial charge is 0.403 e. The number of rotatable bonds is 4. The first-order chi connectivity index (χ1) is 6.78. The summed E-state index contributed by atoms with van der Waals surface area (Å²) >= 11 is 0. The molecule has 0 aromatic rings. The molecule has 0 bridgehead atoms. The molecule has 0 aromatic carbocycles. The Morgan fingerprint density at radius 2 is 1.67 bits per heavy atom. The lowest BCUT2D eigenvalue weighted by molar-refractivity contribution is 0.00578. The lowest BCUT2D eigenvalue weighted by Crippen LogP contribution is -2.41. The maximum atomic E-state index is 5.90. The maximum absolute atomic E-state index is 5.90. The molecule has 1 rings (SSSR count). The van der Waals surface area contributed by atoms with Crippen molar-refractivity contribution in [2.24, 2.45) is 5.92 Å². The van der Waals surface area contributed by atoms with Gasteiger partial charge < -0.3 is 9.31 Å². The average molecular weight is 210 g/mol. The van der Waals surface area contributed by atoms with Crippen LogP contribution in [0.1, 0.15) is 41.0 Å². The van der Waals surface area contributed by atoms with Gasteiger partial charge in [0, 0.05) is 0 Å². The van der Waals surface area contributed by atoms with E-state index in [0.29, 0.717) is 5.92 Å². The molecule has 0 aliphatic carbocycles. The summed E-state index contributed by atoms with van der Waals surface area (Å²) in [5, 5.41) is 0. The fourth-order valence-corrected chi connectivity index (χ4v) is 1.60. The largest absolute Gasteiger partial charge is 0.457 e. The van der Waals surface area contributed by atoms with Gasteiger partial charge in [0.25, 0.3) is 0 Å². The zero-order chi connectivity index (χ0) is 11.7. The van der Waals surface area contributed by atoms with Gasteiger partial charge in [-0.2, -0.15) is 0 Å². The predicted molar refractivity (Wildman–Crippen MR) is 64.9 cm³/mol. The van der Waals surface area contributed by atoms with Gasteiger partial charge in [-0.25, -0.2) is 0 Å². The van der Waals surface area contributed by atoms with Crippen molar-refractivity contribution in [3.8, 4) is 0 Å². The molecule has 0 radical (unpaired) electrons. The van der Waals surface area contributed by atoms with Crippen molar-refractivity contribution in [2.75, 3.05) is 0 Å². The molecule has 86 valence electrons. The Bertz CT molecular complexity index is 220. The summed E-state index contributed by atoms with van der Waals surface area (Å²) in [4.78, 5) is 0. The first kappa shape index (κ1) is 12.8. The van der Waals surface area contributed by atoms with Crippen LogP contribution in [0.25, 0.3) is 0 Å². The van der Waals surface area contributed by atoms with E-state index in [-0.39, 0.29) is 18.3 Å². The van der Waals surface area contributed by atoms with Crippen molar-refractivity contribution >= 4 is 7.12 Å². The van der Waals surface area contributed by atoms with Gasteiger partial charge in [0.1, 0.15) is 0 Å². The van der Waals surface area contributed by atoms with Gasteiger partial charge >= 0.3 is 7.12 Å². The molecule has 1 atom stereocenters. The van der Waals surface area contributed by atoms with Crippen LogP contribution in [0.5, 0.6) is 0 Å². The summed E-state index contributed by atoms with van der Waals surface area (Å²) in [7, 11) is -0.0580. The number of allylic oxidation sites excluding steroid dienone is 1. The molecule has 1 aliphatic rings. The number of hydrogen-bond acceptors (Lipinski definition) is 2. The molecule has 0 amide bonds. The summed E-state index contributed by atoms with van der Waals surface area (Å²) in [5.41, 5.74) is -0.399. The van der Waals surface area contributed by atoms with Crippen LogP contribution in [0.4, 0.5) is 0 Å². The van der Waals surface area contributed by atoms with E-state index in [0.717, 1.165) is 12.7 Å². The summed E-state index contributed by atoms with van der Waals surface area (Å²) < 4.78 is 11.8. The standard InChI is InChI=1S/C12H23BO2/c1-7-10(2)8-9-13-14-11(3,4)12(5,6)15-13/h7,10H,1,8-9H2,2-6H3. The van der Waals surface area contributed by atoms with Gasteiger partial charge in [-0.1, -0.05) is 13.0 Å². The van der Waals surface area contributed by atoms with Crippen LogP contribution >= 0.6 is 0 Å². The van der Waals surface area contributed by atoms with Gasteiger partial charge in [-0.3, -0.25) is 0 Å². The van der Waals surface area contributed by atoms with Gasteiger partial charge in [0.2, 0.25) is 0 Å². The fraction of sp³-hybridized carbons (Fsp3) is 0.833. The van der Waals surface area contributed by atoms with Crippen molar-refractivity contribution in [1.29, 1.82) is 0 Å². The van der Waals surface area contributed by atoms with Crippen LogP contribution in [0.2, 0.25) is 6.32 Å². The van der Waals surface area contributed by atoms with Crippen LogP contribution in [-0.2, 0) is 9.31 Å². The van der Waals surface area contributed by atoms with Gasteiger partial charge in [0.05, 0.1) is 11.2 Å². The van der Waals surface area contributed by atoms with E-state index < -0.39 is 0 Å². The second kappa shape index (κ2) is 4.30. The molecule has 0 aromatic heterocycles.